The SMILES string of the molecule is Cc1nc2cccc(CCC3(N)CC3)c2s1. The summed E-state index contributed by atoms with van der Waals surface area (Å²) in [6.07, 6.45) is 4.61. The van der Waals surface area contributed by atoms with E-state index in [1.165, 1.54) is 23.1 Å². The van der Waals surface area contributed by atoms with Gasteiger partial charge >= 0.3 is 0 Å². The Balaban J connectivity index is 1.90. The average molecular weight is 232 g/mol. The van der Waals surface area contributed by atoms with Crippen LogP contribution in [0.2, 0.25) is 0 Å². The van der Waals surface area contributed by atoms with Crippen LogP contribution in [0.4, 0.5) is 0 Å². The van der Waals surface area contributed by atoms with Gasteiger partial charge in [0.15, 0.2) is 0 Å². The number of benzene rings is 1. The molecule has 0 spiro atoms. The maximum absolute atomic E-state index is 6.13. The minimum Gasteiger partial charge on any atom is -0.325 e. The smallest absolute Gasteiger partial charge is 0.0907 e. The Morgan fingerprint density at radius 1 is 1.44 bits per heavy atom. The lowest BCUT2D eigenvalue weighted by molar-refractivity contribution is 0.611. The third kappa shape index (κ3) is 1.85. The van der Waals surface area contributed by atoms with Crippen molar-refractivity contribution >= 4 is 21.6 Å². The second-order valence-corrected chi connectivity index (χ2v) is 6.06. The summed E-state index contributed by atoms with van der Waals surface area (Å²) >= 11 is 1.80. The third-order valence-corrected chi connectivity index (χ3v) is 4.45. The van der Waals surface area contributed by atoms with Crippen LogP contribution in [0, 0.1) is 6.92 Å². The summed E-state index contributed by atoms with van der Waals surface area (Å²) in [5.41, 5.74) is 8.84. The molecule has 1 aliphatic rings. The van der Waals surface area contributed by atoms with E-state index in [0.717, 1.165) is 23.4 Å². The van der Waals surface area contributed by atoms with E-state index in [9.17, 15) is 0 Å². The highest BCUT2D eigenvalue weighted by molar-refractivity contribution is 7.18. The monoisotopic (exact) mass is 232 g/mol. The Morgan fingerprint density at radius 2 is 2.25 bits per heavy atom. The highest BCUT2D eigenvalue weighted by Gasteiger charge is 2.37. The molecule has 1 heterocycles. The average Bonchev–Trinajstić information content (AvgIpc) is 2.86. The molecule has 0 saturated heterocycles. The van der Waals surface area contributed by atoms with Crippen LogP contribution in [0.5, 0.6) is 0 Å². The number of aryl methyl sites for hydroxylation is 2. The Bertz CT molecular complexity index is 526. The van der Waals surface area contributed by atoms with Gasteiger partial charge in [-0.15, -0.1) is 11.3 Å². The summed E-state index contributed by atoms with van der Waals surface area (Å²) in [4.78, 5) is 4.52. The number of aromatic nitrogens is 1. The molecule has 84 valence electrons. The summed E-state index contributed by atoms with van der Waals surface area (Å²) < 4.78 is 1.35. The molecule has 2 aromatic rings. The molecule has 0 aliphatic heterocycles. The van der Waals surface area contributed by atoms with Crippen molar-refractivity contribution in [2.45, 2.75) is 38.1 Å². The van der Waals surface area contributed by atoms with Crippen molar-refractivity contribution in [2.24, 2.45) is 5.73 Å². The van der Waals surface area contributed by atoms with Crippen LogP contribution in [-0.2, 0) is 6.42 Å². The lowest BCUT2D eigenvalue weighted by Crippen LogP contribution is -2.22. The summed E-state index contributed by atoms with van der Waals surface area (Å²) in [5.74, 6) is 0. The van der Waals surface area contributed by atoms with Crippen LogP contribution < -0.4 is 5.73 Å². The summed E-state index contributed by atoms with van der Waals surface area (Å²) in [6.45, 7) is 2.07. The van der Waals surface area contributed by atoms with Gasteiger partial charge in [-0.2, -0.15) is 0 Å². The van der Waals surface area contributed by atoms with Gasteiger partial charge < -0.3 is 5.73 Å². The molecule has 1 fully saturated rings. The minimum atomic E-state index is 0.155. The second-order valence-electron chi connectivity index (χ2n) is 4.86. The van der Waals surface area contributed by atoms with E-state index in [-0.39, 0.29) is 5.54 Å². The number of nitrogens with two attached hydrogens (primary N) is 1. The first-order chi connectivity index (χ1) is 7.66. The molecule has 1 saturated carbocycles. The highest BCUT2D eigenvalue weighted by Crippen LogP contribution is 2.37. The number of nitrogens with zero attached hydrogens (tertiary/aromatic N) is 1. The Labute approximate surface area is 99.5 Å². The molecule has 16 heavy (non-hydrogen) atoms. The zero-order valence-corrected chi connectivity index (χ0v) is 10.3. The third-order valence-electron chi connectivity index (χ3n) is 3.39. The number of rotatable bonds is 3. The quantitative estimate of drug-likeness (QED) is 0.883. The summed E-state index contributed by atoms with van der Waals surface area (Å²) in [5, 5.41) is 1.15. The first kappa shape index (κ1) is 10.2. The van der Waals surface area contributed by atoms with Gasteiger partial charge in [0.05, 0.1) is 15.2 Å². The molecule has 1 aliphatic carbocycles. The fraction of sp³-hybridized carbons (Fsp3) is 0.462. The maximum atomic E-state index is 6.13. The fourth-order valence-corrected chi connectivity index (χ4v) is 3.07. The van der Waals surface area contributed by atoms with Crippen molar-refractivity contribution in [3.05, 3.63) is 28.8 Å². The summed E-state index contributed by atoms with van der Waals surface area (Å²) in [7, 11) is 0. The van der Waals surface area contributed by atoms with E-state index in [1.54, 1.807) is 11.3 Å². The molecule has 0 radical (unpaired) electrons. The van der Waals surface area contributed by atoms with Crippen molar-refractivity contribution in [3.63, 3.8) is 0 Å². The van der Waals surface area contributed by atoms with Gasteiger partial charge in [-0.1, -0.05) is 12.1 Å². The lowest BCUT2D eigenvalue weighted by Gasteiger charge is -2.08. The lowest BCUT2D eigenvalue weighted by atomic mass is 10.0. The van der Waals surface area contributed by atoms with Crippen LogP contribution in [0.3, 0.4) is 0 Å². The zero-order chi connectivity index (χ0) is 11.2. The van der Waals surface area contributed by atoms with E-state index < -0.39 is 0 Å². The van der Waals surface area contributed by atoms with Crippen LogP contribution in [0.25, 0.3) is 10.2 Å². The van der Waals surface area contributed by atoms with Crippen molar-refractivity contribution in [2.75, 3.05) is 0 Å². The highest BCUT2D eigenvalue weighted by atomic mass is 32.1. The molecular formula is C13H16N2S. The minimum absolute atomic E-state index is 0.155. The molecule has 3 rings (SSSR count). The zero-order valence-electron chi connectivity index (χ0n) is 9.49. The predicted octanol–water partition coefficient (Wildman–Crippen LogP) is 3.03. The fourth-order valence-electron chi connectivity index (χ4n) is 2.11. The molecule has 2 N–H and O–H groups in total. The van der Waals surface area contributed by atoms with E-state index in [1.807, 2.05) is 0 Å². The number of hydrogen-bond donors (Lipinski definition) is 1. The predicted molar refractivity (Wildman–Crippen MR) is 68.8 cm³/mol. The Hall–Kier alpha value is -0.930. The van der Waals surface area contributed by atoms with Crippen LogP contribution >= 0.6 is 11.3 Å². The van der Waals surface area contributed by atoms with Gasteiger partial charge in [0.2, 0.25) is 0 Å². The normalized spacial score (nSPS) is 17.9. The van der Waals surface area contributed by atoms with E-state index in [2.05, 4.69) is 30.1 Å². The van der Waals surface area contributed by atoms with Gasteiger partial charge in [-0.05, 0) is 44.2 Å². The van der Waals surface area contributed by atoms with Crippen molar-refractivity contribution in [1.82, 2.24) is 4.98 Å². The molecule has 0 unspecified atom stereocenters. The molecule has 1 aromatic carbocycles. The van der Waals surface area contributed by atoms with Crippen molar-refractivity contribution < 1.29 is 0 Å². The van der Waals surface area contributed by atoms with E-state index in [0.29, 0.717) is 0 Å². The molecule has 0 bridgehead atoms. The van der Waals surface area contributed by atoms with E-state index in [4.69, 9.17) is 5.73 Å². The van der Waals surface area contributed by atoms with Crippen molar-refractivity contribution in [3.8, 4) is 0 Å². The molecule has 3 heteroatoms. The number of thiazole rings is 1. The van der Waals surface area contributed by atoms with Gasteiger partial charge in [0, 0.05) is 5.54 Å². The molecule has 0 amide bonds. The van der Waals surface area contributed by atoms with Crippen LogP contribution in [0.15, 0.2) is 18.2 Å². The number of fused-ring (bicyclic) bond motifs is 1. The maximum Gasteiger partial charge on any atom is 0.0907 e. The Morgan fingerprint density at radius 3 is 3.00 bits per heavy atom. The van der Waals surface area contributed by atoms with Crippen LogP contribution in [-0.4, -0.2) is 10.5 Å². The first-order valence-corrected chi connectivity index (χ1v) is 6.62. The summed E-state index contributed by atoms with van der Waals surface area (Å²) in [6, 6.07) is 6.41. The van der Waals surface area contributed by atoms with E-state index >= 15 is 0 Å². The van der Waals surface area contributed by atoms with Gasteiger partial charge in [0.25, 0.3) is 0 Å². The van der Waals surface area contributed by atoms with Crippen molar-refractivity contribution in [1.29, 1.82) is 0 Å². The molecule has 2 nitrogen and oxygen atoms in total. The molecule has 0 atom stereocenters. The Kier molecular flexibility index (Phi) is 2.26. The first-order valence-electron chi connectivity index (χ1n) is 5.80. The number of hydrogen-bond acceptors (Lipinski definition) is 3. The topological polar surface area (TPSA) is 38.9 Å². The molecule has 1 aromatic heterocycles. The second kappa shape index (κ2) is 3.54. The standard InChI is InChI=1S/C13H16N2S/c1-9-15-11-4-2-3-10(12(11)16-9)5-6-13(14)7-8-13/h2-4H,5-8,14H2,1H3. The van der Waals surface area contributed by atoms with Gasteiger partial charge in [-0.25, -0.2) is 4.98 Å². The van der Waals surface area contributed by atoms with Gasteiger partial charge in [0.1, 0.15) is 0 Å². The molecular weight excluding hydrogens is 216 g/mol. The largest absolute Gasteiger partial charge is 0.325 e. The van der Waals surface area contributed by atoms with Gasteiger partial charge in [-0.3, -0.25) is 0 Å². The van der Waals surface area contributed by atoms with Crippen LogP contribution in [0.1, 0.15) is 29.8 Å².